The van der Waals surface area contributed by atoms with Crippen molar-refractivity contribution in [2.24, 2.45) is 5.41 Å². The van der Waals surface area contributed by atoms with Gasteiger partial charge in [-0.05, 0) is 43.7 Å². The molecular weight excluding hydrogens is 282 g/mol. The van der Waals surface area contributed by atoms with Gasteiger partial charge in [-0.25, -0.2) is 0 Å². The van der Waals surface area contributed by atoms with Crippen LogP contribution in [0.2, 0.25) is 0 Å². The van der Waals surface area contributed by atoms with Crippen LogP contribution >= 0.6 is 11.8 Å². The number of benzene rings is 1. The van der Waals surface area contributed by atoms with E-state index in [4.69, 9.17) is 0 Å². The van der Waals surface area contributed by atoms with E-state index < -0.39 is 0 Å². The van der Waals surface area contributed by atoms with Gasteiger partial charge in [0.15, 0.2) is 0 Å². The lowest BCUT2D eigenvalue weighted by Gasteiger charge is -2.35. The maximum Gasteiger partial charge on any atom is 0.251 e. The molecule has 21 heavy (non-hydrogen) atoms. The summed E-state index contributed by atoms with van der Waals surface area (Å²) in [7, 11) is 0. The Labute approximate surface area is 131 Å². The van der Waals surface area contributed by atoms with Crippen molar-refractivity contribution < 1.29 is 9.90 Å². The Morgan fingerprint density at radius 2 is 2.05 bits per heavy atom. The van der Waals surface area contributed by atoms with Gasteiger partial charge in [-0.1, -0.05) is 25.3 Å². The van der Waals surface area contributed by atoms with Crippen LogP contribution < -0.4 is 5.32 Å². The van der Waals surface area contributed by atoms with E-state index in [2.05, 4.69) is 5.32 Å². The monoisotopic (exact) mass is 307 g/mol. The number of amides is 1. The predicted molar refractivity (Wildman–Crippen MR) is 87.9 cm³/mol. The van der Waals surface area contributed by atoms with Crippen molar-refractivity contribution in [3.05, 3.63) is 29.3 Å². The molecule has 0 spiro atoms. The van der Waals surface area contributed by atoms with Gasteiger partial charge >= 0.3 is 0 Å². The predicted octanol–water partition coefficient (Wildman–Crippen LogP) is 3.39. The first-order chi connectivity index (χ1) is 10.1. The fourth-order valence-electron chi connectivity index (χ4n) is 3.03. The summed E-state index contributed by atoms with van der Waals surface area (Å²) in [6, 6.07) is 5.97. The van der Waals surface area contributed by atoms with E-state index in [1.807, 2.05) is 31.4 Å². The average Bonchev–Trinajstić information content (AvgIpc) is 2.54. The Bertz CT molecular complexity index is 496. The maximum absolute atomic E-state index is 12.4. The second kappa shape index (κ2) is 7.32. The van der Waals surface area contributed by atoms with Crippen molar-refractivity contribution in [1.29, 1.82) is 0 Å². The minimum atomic E-state index is -0.112. The van der Waals surface area contributed by atoms with Crippen molar-refractivity contribution in [3.8, 4) is 0 Å². The fraction of sp³-hybridized carbons (Fsp3) is 0.588. The molecule has 2 N–H and O–H groups in total. The highest BCUT2D eigenvalue weighted by molar-refractivity contribution is 7.98. The first kappa shape index (κ1) is 16.4. The molecule has 0 radical (unpaired) electrons. The standard InChI is InChI=1S/C17H25NO2S/c1-13-6-7-14(21-2)10-15(13)16(20)18-11-17(12-19)8-4-3-5-9-17/h6-7,10,19H,3-5,8-9,11-12H2,1-2H3,(H,18,20). The Morgan fingerprint density at radius 1 is 1.33 bits per heavy atom. The summed E-state index contributed by atoms with van der Waals surface area (Å²) in [5.74, 6) is -0.0261. The molecule has 0 aromatic heterocycles. The molecule has 1 amide bonds. The number of carbonyl (C=O) groups is 1. The van der Waals surface area contributed by atoms with E-state index in [1.165, 1.54) is 6.42 Å². The van der Waals surface area contributed by atoms with Gasteiger partial charge in [-0.15, -0.1) is 11.8 Å². The molecule has 1 aromatic rings. The summed E-state index contributed by atoms with van der Waals surface area (Å²) in [5.41, 5.74) is 1.62. The molecule has 1 aliphatic carbocycles. The summed E-state index contributed by atoms with van der Waals surface area (Å²) in [6.07, 6.45) is 7.57. The molecule has 1 saturated carbocycles. The summed E-state index contributed by atoms with van der Waals surface area (Å²) < 4.78 is 0. The molecule has 1 aromatic carbocycles. The molecule has 0 heterocycles. The first-order valence-electron chi connectivity index (χ1n) is 7.64. The van der Waals surface area contributed by atoms with Crippen LogP contribution in [0.5, 0.6) is 0 Å². The second-order valence-electron chi connectivity index (χ2n) is 6.08. The van der Waals surface area contributed by atoms with E-state index in [0.717, 1.165) is 41.7 Å². The summed E-state index contributed by atoms with van der Waals surface area (Å²) in [5, 5.41) is 12.8. The van der Waals surface area contributed by atoms with Crippen LogP contribution in [-0.2, 0) is 0 Å². The number of nitrogens with one attached hydrogen (secondary N) is 1. The molecule has 0 aliphatic heterocycles. The van der Waals surface area contributed by atoms with Gasteiger partial charge in [0.25, 0.3) is 5.91 Å². The van der Waals surface area contributed by atoms with Gasteiger partial charge in [0.2, 0.25) is 0 Å². The van der Waals surface area contributed by atoms with Crippen molar-refractivity contribution >= 4 is 17.7 Å². The van der Waals surface area contributed by atoms with Crippen molar-refractivity contribution in [3.63, 3.8) is 0 Å². The lowest BCUT2D eigenvalue weighted by molar-refractivity contribution is 0.0717. The molecular formula is C17H25NO2S. The van der Waals surface area contributed by atoms with Gasteiger partial charge < -0.3 is 10.4 Å². The van der Waals surface area contributed by atoms with E-state index in [0.29, 0.717) is 6.54 Å². The van der Waals surface area contributed by atoms with Crippen LogP contribution in [0, 0.1) is 12.3 Å². The number of thioether (sulfide) groups is 1. The molecule has 0 atom stereocenters. The van der Waals surface area contributed by atoms with Crippen molar-refractivity contribution in [1.82, 2.24) is 5.32 Å². The van der Waals surface area contributed by atoms with Crippen molar-refractivity contribution in [2.75, 3.05) is 19.4 Å². The lowest BCUT2D eigenvalue weighted by Crippen LogP contribution is -2.41. The SMILES string of the molecule is CSc1ccc(C)c(C(=O)NCC2(CO)CCCCC2)c1. The zero-order valence-corrected chi connectivity index (χ0v) is 13.8. The molecule has 1 aliphatic rings. The number of aliphatic hydroxyl groups is 1. The third kappa shape index (κ3) is 4.01. The van der Waals surface area contributed by atoms with Crippen LogP contribution in [-0.4, -0.2) is 30.4 Å². The summed E-state index contributed by atoms with van der Waals surface area (Å²) in [6.45, 7) is 2.70. The molecule has 116 valence electrons. The summed E-state index contributed by atoms with van der Waals surface area (Å²) >= 11 is 1.64. The number of aliphatic hydroxyl groups excluding tert-OH is 1. The van der Waals surface area contributed by atoms with Crippen molar-refractivity contribution in [2.45, 2.75) is 43.9 Å². The Kier molecular flexibility index (Phi) is 5.71. The number of hydrogen-bond acceptors (Lipinski definition) is 3. The Balaban J connectivity index is 2.04. The van der Waals surface area contributed by atoms with E-state index in [9.17, 15) is 9.90 Å². The topological polar surface area (TPSA) is 49.3 Å². The van der Waals surface area contributed by atoms with E-state index >= 15 is 0 Å². The molecule has 3 nitrogen and oxygen atoms in total. The third-order valence-electron chi connectivity index (χ3n) is 4.56. The number of rotatable bonds is 5. The maximum atomic E-state index is 12.4. The van der Waals surface area contributed by atoms with Gasteiger partial charge in [-0.2, -0.15) is 0 Å². The average molecular weight is 307 g/mol. The van der Waals surface area contributed by atoms with Crippen LogP contribution in [0.1, 0.15) is 48.0 Å². The van der Waals surface area contributed by atoms with Gasteiger partial charge in [-0.3, -0.25) is 4.79 Å². The van der Waals surface area contributed by atoms with Gasteiger partial charge in [0.05, 0.1) is 6.61 Å². The Hall–Kier alpha value is -1.00. The largest absolute Gasteiger partial charge is 0.396 e. The fourth-order valence-corrected chi connectivity index (χ4v) is 3.47. The molecule has 0 saturated heterocycles. The van der Waals surface area contributed by atoms with Crippen LogP contribution in [0.25, 0.3) is 0 Å². The highest BCUT2D eigenvalue weighted by atomic mass is 32.2. The van der Waals surface area contributed by atoms with Gasteiger partial charge in [0.1, 0.15) is 0 Å². The highest BCUT2D eigenvalue weighted by Gasteiger charge is 2.31. The number of hydrogen-bond donors (Lipinski definition) is 2. The molecule has 0 bridgehead atoms. The summed E-state index contributed by atoms with van der Waals surface area (Å²) in [4.78, 5) is 13.5. The second-order valence-corrected chi connectivity index (χ2v) is 6.96. The molecule has 0 unspecified atom stereocenters. The van der Waals surface area contributed by atoms with E-state index in [-0.39, 0.29) is 17.9 Å². The highest BCUT2D eigenvalue weighted by Crippen LogP contribution is 2.35. The van der Waals surface area contributed by atoms with Gasteiger partial charge in [0, 0.05) is 22.4 Å². The molecule has 2 rings (SSSR count). The minimum Gasteiger partial charge on any atom is -0.396 e. The van der Waals surface area contributed by atoms with Crippen LogP contribution in [0.4, 0.5) is 0 Å². The zero-order valence-electron chi connectivity index (χ0n) is 12.9. The van der Waals surface area contributed by atoms with E-state index in [1.54, 1.807) is 11.8 Å². The number of aryl methyl sites for hydroxylation is 1. The van der Waals surface area contributed by atoms with Crippen LogP contribution in [0.15, 0.2) is 23.1 Å². The molecule has 1 fully saturated rings. The quantitative estimate of drug-likeness (QED) is 0.820. The number of carbonyl (C=O) groups excluding carboxylic acids is 1. The van der Waals surface area contributed by atoms with Crippen LogP contribution in [0.3, 0.4) is 0 Å². The first-order valence-corrected chi connectivity index (χ1v) is 8.86. The molecule has 4 heteroatoms. The smallest absolute Gasteiger partial charge is 0.251 e. The third-order valence-corrected chi connectivity index (χ3v) is 5.29. The zero-order chi connectivity index (χ0) is 15.3. The Morgan fingerprint density at radius 3 is 2.67 bits per heavy atom. The lowest BCUT2D eigenvalue weighted by atomic mass is 9.74. The normalized spacial score (nSPS) is 17.5. The minimum absolute atomic E-state index is 0.0261.